The minimum Gasteiger partial charge on any atom is -0.348 e. The van der Waals surface area contributed by atoms with Gasteiger partial charge in [0.05, 0.1) is 17.0 Å². The molecule has 0 aliphatic heterocycles. The van der Waals surface area contributed by atoms with Crippen LogP contribution in [-0.2, 0) is 4.79 Å². The predicted octanol–water partition coefficient (Wildman–Crippen LogP) is 4.05. The van der Waals surface area contributed by atoms with Crippen LogP contribution in [-0.4, -0.2) is 42.3 Å². The Morgan fingerprint density at radius 3 is 1.93 bits per heavy atom. The minimum absolute atomic E-state index is 0.0105. The molecule has 0 saturated heterocycles. The quantitative estimate of drug-likeness (QED) is 0.358. The summed E-state index contributed by atoms with van der Waals surface area (Å²) in [6.07, 6.45) is 0. The lowest BCUT2D eigenvalue weighted by molar-refractivity contribution is -0.125. The van der Waals surface area contributed by atoms with Crippen LogP contribution < -0.4 is 5.43 Å². The summed E-state index contributed by atoms with van der Waals surface area (Å²) in [5.74, 6) is -0.0664. The molecule has 0 aromatic heterocycles. The van der Waals surface area contributed by atoms with Gasteiger partial charge in [0.15, 0.2) is 0 Å². The van der Waals surface area contributed by atoms with E-state index in [9.17, 15) is 9.59 Å². The molecule has 0 bridgehead atoms. The Morgan fingerprint density at radius 1 is 0.833 bits per heavy atom. The molecule has 3 aromatic carbocycles. The van der Waals surface area contributed by atoms with Crippen molar-refractivity contribution >= 4 is 29.3 Å². The molecule has 2 amide bonds. The first-order valence-corrected chi connectivity index (χ1v) is 10.5. The van der Waals surface area contributed by atoms with Crippen molar-refractivity contribution in [2.75, 3.05) is 19.8 Å². The second kappa shape index (κ2) is 10.4. The number of nitrogens with one attached hydrogen (secondary N) is 1. The lowest BCUT2D eigenvalue weighted by Crippen LogP contribution is -2.24. The van der Waals surface area contributed by atoms with Gasteiger partial charge in [-0.3, -0.25) is 9.59 Å². The van der Waals surface area contributed by atoms with Gasteiger partial charge in [-0.25, -0.2) is 5.43 Å². The maximum atomic E-state index is 12.9. The summed E-state index contributed by atoms with van der Waals surface area (Å²) < 4.78 is 0. The second-order valence-corrected chi connectivity index (χ2v) is 7.72. The van der Waals surface area contributed by atoms with Gasteiger partial charge in [0.2, 0.25) is 5.91 Å². The number of rotatable bonds is 7. The van der Waals surface area contributed by atoms with Gasteiger partial charge < -0.3 is 4.90 Å². The molecule has 0 unspecified atom stereocenters. The zero-order chi connectivity index (χ0) is 21.3. The van der Waals surface area contributed by atoms with Crippen LogP contribution in [0.2, 0.25) is 0 Å². The van der Waals surface area contributed by atoms with E-state index < -0.39 is 0 Å². The number of carbonyl (C=O) groups is 2. The Hall–Kier alpha value is -3.38. The molecule has 1 N–H and O–H groups in total. The van der Waals surface area contributed by atoms with Gasteiger partial charge in [0.25, 0.3) is 5.91 Å². The first-order chi connectivity index (χ1) is 14.6. The Morgan fingerprint density at radius 2 is 1.37 bits per heavy atom. The number of benzene rings is 3. The summed E-state index contributed by atoms with van der Waals surface area (Å²) in [5.41, 5.74) is 5.66. The van der Waals surface area contributed by atoms with Crippen LogP contribution in [0, 0.1) is 0 Å². The summed E-state index contributed by atoms with van der Waals surface area (Å²) in [5, 5.41) is 4.44. The highest BCUT2D eigenvalue weighted by atomic mass is 32.2. The first-order valence-electron chi connectivity index (χ1n) is 9.47. The molecular formula is C24H23N3O2S. The van der Waals surface area contributed by atoms with Crippen LogP contribution in [0.4, 0.5) is 0 Å². The van der Waals surface area contributed by atoms with E-state index in [0.29, 0.717) is 11.3 Å². The van der Waals surface area contributed by atoms with E-state index >= 15 is 0 Å². The second-order valence-electron chi connectivity index (χ2n) is 6.71. The molecule has 0 atom stereocenters. The molecule has 0 heterocycles. The van der Waals surface area contributed by atoms with E-state index in [0.717, 1.165) is 16.0 Å². The summed E-state index contributed by atoms with van der Waals surface area (Å²) >= 11 is 1.34. The van der Waals surface area contributed by atoms with Gasteiger partial charge in [-0.1, -0.05) is 72.8 Å². The molecule has 3 rings (SSSR count). The monoisotopic (exact) mass is 417 g/mol. The molecule has 6 heteroatoms. The number of thioether (sulfide) groups is 1. The Bertz CT molecular complexity index is 993. The van der Waals surface area contributed by atoms with Gasteiger partial charge >= 0.3 is 0 Å². The molecule has 0 aliphatic carbocycles. The Labute approximate surface area is 180 Å². The van der Waals surface area contributed by atoms with Gasteiger partial charge in [-0.2, -0.15) is 5.10 Å². The number of hydrazone groups is 1. The molecule has 0 aliphatic rings. The highest BCUT2D eigenvalue weighted by Gasteiger charge is 2.14. The molecular weight excluding hydrogens is 394 g/mol. The van der Waals surface area contributed by atoms with Gasteiger partial charge in [-0.15, -0.1) is 11.8 Å². The van der Waals surface area contributed by atoms with E-state index in [2.05, 4.69) is 10.5 Å². The fourth-order valence-electron chi connectivity index (χ4n) is 2.70. The fraction of sp³-hybridized carbons (Fsp3) is 0.125. The van der Waals surface area contributed by atoms with E-state index in [1.165, 1.54) is 16.7 Å². The smallest absolute Gasteiger partial charge is 0.272 e. The van der Waals surface area contributed by atoms with E-state index in [1.807, 2.05) is 72.8 Å². The lowest BCUT2D eigenvalue weighted by atomic mass is 10.0. The van der Waals surface area contributed by atoms with Gasteiger partial charge in [0, 0.05) is 30.1 Å². The fourth-order valence-corrected chi connectivity index (χ4v) is 3.73. The largest absolute Gasteiger partial charge is 0.348 e. The van der Waals surface area contributed by atoms with Crippen LogP contribution in [0.3, 0.4) is 0 Å². The summed E-state index contributed by atoms with van der Waals surface area (Å²) in [7, 11) is 3.43. The predicted molar refractivity (Wildman–Crippen MR) is 122 cm³/mol. The average molecular weight is 418 g/mol. The maximum absolute atomic E-state index is 12.9. The molecule has 0 spiro atoms. The van der Waals surface area contributed by atoms with Crippen molar-refractivity contribution < 1.29 is 9.59 Å². The van der Waals surface area contributed by atoms with Crippen molar-refractivity contribution in [2.45, 2.75) is 4.90 Å². The zero-order valence-corrected chi connectivity index (χ0v) is 17.7. The highest BCUT2D eigenvalue weighted by Crippen LogP contribution is 2.23. The molecule has 5 nitrogen and oxygen atoms in total. The van der Waals surface area contributed by atoms with Crippen LogP contribution >= 0.6 is 11.8 Å². The molecule has 30 heavy (non-hydrogen) atoms. The molecule has 0 saturated carbocycles. The normalized spacial score (nSPS) is 10.2. The number of hydrogen-bond acceptors (Lipinski definition) is 4. The first kappa shape index (κ1) is 21.3. The van der Waals surface area contributed by atoms with Crippen LogP contribution in [0.1, 0.15) is 21.5 Å². The number of amides is 2. The zero-order valence-electron chi connectivity index (χ0n) is 16.9. The number of hydrogen-bond donors (Lipinski definition) is 1. The third kappa shape index (κ3) is 5.58. The summed E-state index contributed by atoms with van der Waals surface area (Å²) in [4.78, 5) is 27.1. The highest BCUT2D eigenvalue weighted by molar-refractivity contribution is 8.00. The molecule has 152 valence electrons. The van der Waals surface area contributed by atoms with Crippen molar-refractivity contribution in [3.05, 3.63) is 102 Å². The number of nitrogens with zero attached hydrogens (tertiary/aromatic N) is 2. The van der Waals surface area contributed by atoms with Crippen LogP contribution in [0.5, 0.6) is 0 Å². The van der Waals surface area contributed by atoms with E-state index in [1.54, 1.807) is 26.2 Å². The van der Waals surface area contributed by atoms with Crippen molar-refractivity contribution in [2.24, 2.45) is 5.10 Å². The number of carbonyl (C=O) groups excluding carboxylic acids is 2. The molecule has 3 aromatic rings. The third-order valence-electron chi connectivity index (χ3n) is 4.35. The lowest BCUT2D eigenvalue weighted by Gasteiger charge is -2.12. The average Bonchev–Trinajstić information content (AvgIpc) is 2.79. The Balaban J connectivity index is 1.84. The Kier molecular flexibility index (Phi) is 7.40. The molecule has 0 radical (unpaired) electrons. The topological polar surface area (TPSA) is 61.8 Å². The van der Waals surface area contributed by atoms with Crippen LogP contribution in [0.25, 0.3) is 0 Å². The van der Waals surface area contributed by atoms with E-state index in [-0.39, 0.29) is 17.6 Å². The van der Waals surface area contributed by atoms with Crippen LogP contribution in [0.15, 0.2) is 94.9 Å². The van der Waals surface area contributed by atoms with Crippen molar-refractivity contribution in [1.29, 1.82) is 0 Å². The minimum atomic E-state index is -0.320. The van der Waals surface area contributed by atoms with Crippen molar-refractivity contribution in [3.63, 3.8) is 0 Å². The van der Waals surface area contributed by atoms with Crippen molar-refractivity contribution in [3.8, 4) is 0 Å². The van der Waals surface area contributed by atoms with Gasteiger partial charge in [-0.05, 0) is 12.1 Å². The van der Waals surface area contributed by atoms with Crippen molar-refractivity contribution in [1.82, 2.24) is 10.3 Å². The maximum Gasteiger partial charge on any atom is 0.272 e. The standard InChI is InChI=1S/C24H23N3O2S/c1-27(2)22(28)17-30-21-16-10-9-15-20(21)24(29)26-25-23(18-11-5-3-6-12-18)19-13-7-4-8-14-19/h3-16H,17H2,1-2H3,(H,26,29). The molecule has 0 fully saturated rings. The summed E-state index contributed by atoms with van der Waals surface area (Å²) in [6.45, 7) is 0. The SMILES string of the molecule is CN(C)C(=O)CSc1ccccc1C(=O)NN=C(c1ccccc1)c1ccccc1. The van der Waals surface area contributed by atoms with E-state index in [4.69, 9.17) is 0 Å². The van der Waals surface area contributed by atoms with Gasteiger partial charge in [0.1, 0.15) is 0 Å². The third-order valence-corrected chi connectivity index (χ3v) is 5.40. The summed E-state index contributed by atoms with van der Waals surface area (Å²) in [6, 6.07) is 26.6.